The van der Waals surface area contributed by atoms with Crippen LogP contribution >= 0.6 is 0 Å². The molecule has 0 bridgehead atoms. The van der Waals surface area contributed by atoms with E-state index in [-0.39, 0.29) is 12.0 Å². The highest BCUT2D eigenvalue weighted by atomic mass is 16.5. The Bertz CT molecular complexity index is 517. The molecule has 1 N–H and O–H groups in total. The van der Waals surface area contributed by atoms with Gasteiger partial charge in [0, 0.05) is 25.0 Å². The molecular formula is C22H36O3. The number of fused-ring (bicyclic) bond motifs is 5. The van der Waals surface area contributed by atoms with E-state index in [0.29, 0.717) is 29.8 Å². The lowest BCUT2D eigenvalue weighted by molar-refractivity contribution is -0.145. The summed E-state index contributed by atoms with van der Waals surface area (Å²) in [7, 11) is 0. The second kappa shape index (κ2) is 6.64. The third kappa shape index (κ3) is 2.81. The van der Waals surface area contributed by atoms with Crippen molar-refractivity contribution in [1.82, 2.24) is 0 Å². The van der Waals surface area contributed by atoms with Crippen LogP contribution in [0, 0.1) is 34.5 Å². The number of ether oxygens (including phenoxy) is 1. The highest BCUT2D eigenvalue weighted by molar-refractivity contribution is 5.87. The quantitative estimate of drug-likeness (QED) is 0.768. The van der Waals surface area contributed by atoms with Crippen molar-refractivity contribution in [2.24, 2.45) is 34.5 Å². The van der Waals surface area contributed by atoms with Crippen LogP contribution in [0.25, 0.3) is 0 Å². The fourth-order valence-electron chi connectivity index (χ4n) is 7.46. The molecule has 3 nitrogen and oxygen atoms in total. The van der Waals surface area contributed by atoms with E-state index in [0.717, 1.165) is 43.4 Å². The Morgan fingerprint density at radius 1 is 1.08 bits per heavy atom. The van der Waals surface area contributed by atoms with Gasteiger partial charge in [-0.2, -0.15) is 0 Å². The predicted octanol–water partition coefficient (Wildman–Crippen LogP) is 4.37. The average molecular weight is 349 g/mol. The third-order valence-electron chi connectivity index (χ3n) is 8.98. The first kappa shape index (κ1) is 18.0. The van der Waals surface area contributed by atoms with Crippen molar-refractivity contribution in [2.45, 2.75) is 84.2 Å². The van der Waals surface area contributed by atoms with Crippen molar-refractivity contribution < 1.29 is 14.6 Å². The Hall–Kier alpha value is -0.410. The maximum atomic E-state index is 12.5. The molecule has 25 heavy (non-hydrogen) atoms. The molecule has 142 valence electrons. The average Bonchev–Trinajstić information content (AvgIpc) is 2.90. The van der Waals surface area contributed by atoms with Crippen LogP contribution in [0.5, 0.6) is 0 Å². The first-order valence-corrected chi connectivity index (χ1v) is 10.7. The second-order valence-electron chi connectivity index (χ2n) is 9.92. The third-order valence-corrected chi connectivity index (χ3v) is 8.98. The van der Waals surface area contributed by atoms with Gasteiger partial charge in [0.25, 0.3) is 0 Å². The summed E-state index contributed by atoms with van der Waals surface area (Å²) >= 11 is 0. The van der Waals surface area contributed by atoms with E-state index in [1.165, 1.54) is 38.5 Å². The normalized spacial score (nSPS) is 49.4. The molecule has 0 spiro atoms. The van der Waals surface area contributed by atoms with Crippen molar-refractivity contribution in [2.75, 3.05) is 13.2 Å². The summed E-state index contributed by atoms with van der Waals surface area (Å²) in [5, 5.41) is 8.96. The number of rotatable bonds is 4. The first-order valence-electron chi connectivity index (χ1n) is 10.7. The fourth-order valence-corrected chi connectivity index (χ4v) is 7.46. The van der Waals surface area contributed by atoms with Crippen LogP contribution in [-0.2, 0) is 9.53 Å². The van der Waals surface area contributed by atoms with Gasteiger partial charge in [0.15, 0.2) is 0 Å². The summed E-state index contributed by atoms with van der Waals surface area (Å²) in [6, 6.07) is 0. The Morgan fingerprint density at radius 2 is 1.92 bits per heavy atom. The van der Waals surface area contributed by atoms with Crippen LogP contribution in [0.4, 0.5) is 0 Å². The van der Waals surface area contributed by atoms with E-state index in [4.69, 9.17) is 9.84 Å². The molecule has 0 amide bonds. The monoisotopic (exact) mass is 348 g/mol. The Labute approximate surface area is 152 Å². The molecule has 3 heteroatoms. The van der Waals surface area contributed by atoms with Gasteiger partial charge in [0.1, 0.15) is 5.78 Å². The van der Waals surface area contributed by atoms with Crippen LogP contribution in [0.2, 0.25) is 0 Å². The fraction of sp³-hybridized carbons (Fsp3) is 0.955. The summed E-state index contributed by atoms with van der Waals surface area (Å²) in [5.41, 5.74) is 0.474. The lowest BCUT2D eigenvalue weighted by atomic mass is 9.45. The molecule has 7 atom stereocenters. The minimum Gasteiger partial charge on any atom is -0.396 e. The Balaban J connectivity index is 1.46. The van der Waals surface area contributed by atoms with E-state index in [1.807, 2.05) is 0 Å². The zero-order valence-electron chi connectivity index (χ0n) is 16.1. The van der Waals surface area contributed by atoms with Crippen molar-refractivity contribution in [3.8, 4) is 0 Å². The van der Waals surface area contributed by atoms with Gasteiger partial charge in [-0.1, -0.05) is 13.8 Å². The first-order chi connectivity index (χ1) is 12.0. The van der Waals surface area contributed by atoms with E-state index < -0.39 is 0 Å². The number of hydrogen-bond acceptors (Lipinski definition) is 3. The zero-order chi connectivity index (χ0) is 17.7. The molecule has 0 aromatic heterocycles. The van der Waals surface area contributed by atoms with E-state index in [1.54, 1.807) is 0 Å². The maximum Gasteiger partial charge on any atom is 0.139 e. The molecule has 4 saturated carbocycles. The summed E-state index contributed by atoms with van der Waals surface area (Å²) in [5.74, 6) is 3.63. The van der Waals surface area contributed by atoms with Gasteiger partial charge in [-0.3, -0.25) is 4.79 Å². The van der Waals surface area contributed by atoms with Crippen molar-refractivity contribution in [3.05, 3.63) is 0 Å². The second-order valence-corrected chi connectivity index (χ2v) is 9.92. The smallest absolute Gasteiger partial charge is 0.139 e. The molecule has 4 rings (SSSR count). The predicted molar refractivity (Wildman–Crippen MR) is 98.2 cm³/mol. The zero-order valence-corrected chi connectivity index (χ0v) is 16.1. The number of hydrogen-bond donors (Lipinski definition) is 1. The largest absolute Gasteiger partial charge is 0.396 e. The lowest BCUT2D eigenvalue weighted by Gasteiger charge is -2.60. The Morgan fingerprint density at radius 3 is 2.72 bits per heavy atom. The van der Waals surface area contributed by atoms with E-state index >= 15 is 0 Å². The topological polar surface area (TPSA) is 46.5 Å². The number of carbonyl (C=O) groups is 1. The maximum absolute atomic E-state index is 12.5. The van der Waals surface area contributed by atoms with Gasteiger partial charge >= 0.3 is 0 Å². The number of aliphatic hydroxyl groups is 1. The molecular weight excluding hydrogens is 312 g/mol. The van der Waals surface area contributed by atoms with E-state index in [2.05, 4.69) is 13.8 Å². The molecule has 0 radical (unpaired) electrons. The number of aliphatic hydroxyl groups excluding tert-OH is 1. The van der Waals surface area contributed by atoms with Gasteiger partial charge in [-0.25, -0.2) is 0 Å². The SMILES string of the molecule is C[C@]12CC[C@@H](OCCCO)CC1CC[C@@H]1[C@@H]2CC[C@]2(C)C(=O)CC[C@@H]12. The minimum atomic E-state index is 0.00890. The van der Waals surface area contributed by atoms with Gasteiger partial charge in [0.2, 0.25) is 0 Å². The summed E-state index contributed by atoms with van der Waals surface area (Å²) < 4.78 is 6.05. The van der Waals surface area contributed by atoms with Gasteiger partial charge < -0.3 is 9.84 Å². The number of ketones is 1. The minimum absolute atomic E-state index is 0.00890. The van der Waals surface area contributed by atoms with Crippen LogP contribution in [0.3, 0.4) is 0 Å². The number of Topliss-reactive ketones (excluding diaryl/α,β-unsaturated/α-hetero) is 1. The number of carbonyl (C=O) groups excluding carboxylic acids is 1. The standard InChI is InChI=1S/C22H36O3/c1-21-10-8-16(25-13-3-12-23)14-15(21)4-5-17-18-6-7-20(24)22(18,2)11-9-19(17)21/h15-19,23H,3-14H2,1-2H3/t15?,16-,17+,18+,19+,21+,22+/m1/s1. The molecule has 0 saturated heterocycles. The van der Waals surface area contributed by atoms with Crippen LogP contribution in [0.1, 0.15) is 78.1 Å². The summed E-state index contributed by atoms with van der Waals surface area (Å²) in [6.45, 7) is 5.79. The van der Waals surface area contributed by atoms with E-state index in [9.17, 15) is 4.79 Å². The molecule has 0 aromatic carbocycles. The highest BCUT2D eigenvalue weighted by Gasteiger charge is 2.60. The lowest BCUT2D eigenvalue weighted by Crippen LogP contribution is -2.54. The van der Waals surface area contributed by atoms with Crippen LogP contribution in [-0.4, -0.2) is 30.2 Å². The molecule has 4 aliphatic rings. The van der Waals surface area contributed by atoms with Gasteiger partial charge in [-0.15, -0.1) is 0 Å². The molecule has 0 heterocycles. The van der Waals surface area contributed by atoms with Crippen molar-refractivity contribution >= 4 is 5.78 Å². The Kier molecular flexibility index (Phi) is 4.77. The summed E-state index contributed by atoms with van der Waals surface area (Å²) in [6.07, 6.45) is 11.9. The molecule has 4 aliphatic carbocycles. The molecule has 0 aliphatic heterocycles. The highest BCUT2D eigenvalue weighted by Crippen LogP contribution is 2.65. The summed E-state index contributed by atoms with van der Waals surface area (Å²) in [4.78, 5) is 12.5. The molecule has 0 aromatic rings. The van der Waals surface area contributed by atoms with Crippen LogP contribution < -0.4 is 0 Å². The molecule has 4 fully saturated rings. The van der Waals surface area contributed by atoms with Crippen molar-refractivity contribution in [1.29, 1.82) is 0 Å². The van der Waals surface area contributed by atoms with Gasteiger partial charge in [-0.05, 0) is 86.9 Å². The van der Waals surface area contributed by atoms with Crippen LogP contribution in [0.15, 0.2) is 0 Å². The van der Waals surface area contributed by atoms with Gasteiger partial charge in [0.05, 0.1) is 6.10 Å². The van der Waals surface area contributed by atoms with Crippen molar-refractivity contribution in [3.63, 3.8) is 0 Å². The molecule has 1 unspecified atom stereocenters.